The minimum absolute atomic E-state index is 0.0294. The summed E-state index contributed by atoms with van der Waals surface area (Å²) in [6, 6.07) is 10.1. The molecule has 1 aromatic carbocycles. The summed E-state index contributed by atoms with van der Waals surface area (Å²) in [5, 5.41) is 9.99. The zero-order valence-corrected chi connectivity index (χ0v) is 11.8. The standard InChI is InChI=1S/C16H18N2O/c1-16(2,3)15-9-11(7-8-17)13-10-12(19-4)5-6-14(13)18-15/h5-6,9-10H,7H2,1-4H3. The fourth-order valence-corrected chi connectivity index (χ4v) is 2.02. The van der Waals surface area contributed by atoms with Gasteiger partial charge in [0.25, 0.3) is 0 Å². The van der Waals surface area contributed by atoms with Gasteiger partial charge in [0.15, 0.2) is 0 Å². The molecule has 0 fully saturated rings. The number of hydrogen-bond donors (Lipinski definition) is 0. The van der Waals surface area contributed by atoms with E-state index in [1.807, 2.05) is 24.3 Å². The Morgan fingerprint density at radius 1 is 1.26 bits per heavy atom. The predicted octanol–water partition coefficient (Wildman–Crippen LogP) is 3.61. The van der Waals surface area contributed by atoms with Crippen LogP contribution in [0.5, 0.6) is 5.75 Å². The van der Waals surface area contributed by atoms with E-state index in [0.29, 0.717) is 6.42 Å². The van der Waals surface area contributed by atoms with Crippen molar-refractivity contribution in [3.63, 3.8) is 0 Å². The summed E-state index contributed by atoms with van der Waals surface area (Å²) >= 11 is 0. The molecule has 0 spiro atoms. The van der Waals surface area contributed by atoms with Crippen molar-refractivity contribution in [3.05, 3.63) is 35.5 Å². The van der Waals surface area contributed by atoms with Gasteiger partial charge in [0, 0.05) is 16.5 Å². The van der Waals surface area contributed by atoms with E-state index in [9.17, 15) is 0 Å². The lowest BCUT2D eigenvalue weighted by Gasteiger charge is -2.19. The number of ether oxygens (including phenoxy) is 1. The molecule has 0 saturated carbocycles. The van der Waals surface area contributed by atoms with Crippen LogP contribution in [0.1, 0.15) is 32.0 Å². The first-order chi connectivity index (χ1) is 8.95. The van der Waals surface area contributed by atoms with Gasteiger partial charge in [-0.1, -0.05) is 20.8 Å². The number of pyridine rings is 1. The van der Waals surface area contributed by atoms with E-state index in [1.165, 1.54) is 0 Å². The maximum atomic E-state index is 9.00. The molecule has 0 N–H and O–H groups in total. The molecule has 3 nitrogen and oxygen atoms in total. The summed E-state index contributed by atoms with van der Waals surface area (Å²) in [5.41, 5.74) is 2.91. The third kappa shape index (κ3) is 2.68. The minimum atomic E-state index is -0.0294. The van der Waals surface area contributed by atoms with E-state index < -0.39 is 0 Å². The van der Waals surface area contributed by atoms with Crippen molar-refractivity contribution < 1.29 is 4.74 Å². The summed E-state index contributed by atoms with van der Waals surface area (Å²) in [6.45, 7) is 6.38. The summed E-state index contributed by atoms with van der Waals surface area (Å²) < 4.78 is 5.24. The van der Waals surface area contributed by atoms with E-state index in [0.717, 1.165) is 27.9 Å². The summed E-state index contributed by atoms with van der Waals surface area (Å²) in [7, 11) is 1.64. The fourth-order valence-electron chi connectivity index (χ4n) is 2.02. The molecular formula is C16H18N2O. The summed E-state index contributed by atoms with van der Waals surface area (Å²) in [4.78, 5) is 4.70. The van der Waals surface area contributed by atoms with Gasteiger partial charge in [-0.05, 0) is 29.8 Å². The van der Waals surface area contributed by atoms with Crippen molar-refractivity contribution in [1.82, 2.24) is 4.98 Å². The third-order valence-corrected chi connectivity index (χ3v) is 3.14. The molecule has 2 rings (SSSR count). The first kappa shape index (κ1) is 13.4. The fraction of sp³-hybridized carbons (Fsp3) is 0.375. The van der Waals surface area contributed by atoms with Crippen molar-refractivity contribution in [2.75, 3.05) is 7.11 Å². The molecule has 98 valence electrons. The first-order valence-corrected chi connectivity index (χ1v) is 6.31. The van der Waals surface area contributed by atoms with Gasteiger partial charge in [0.05, 0.1) is 25.1 Å². The Morgan fingerprint density at radius 3 is 2.58 bits per heavy atom. The van der Waals surface area contributed by atoms with Gasteiger partial charge in [-0.25, -0.2) is 0 Å². The average molecular weight is 254 g/mol. The second-order valence-corrected chi connectivity index (χ2v) is 5.63. The number of nitrogens with zero attached hydrogens (tertiary/aromatic N) is 2. The van der Waals surface area contributed by atoms with Crippen LogP contribution in [0.25, 0.3) is 10.9 Å². The van der Waals surface area contributed by atoms with Crippen LogP contribution in [0.4, 0.5) is 0 Å². The monoisotopic (exact) mass is 254 g/mol. The lowest BCUT2D eigenvalue weighted by molar-refractivity contribution is 0.415. The molecule has 0 aliphatic heterocycles. The van der Waals surface area contributed by atoms with Crippen LogP contribution >= 0.6 is 0 Å². The van der Waals surface area contributed by atoms with Crippen LogP contribution in [0.2, 0.25) is 0 Å². The maximum absolute atomic E-state index is 9.00. The Morgan fingerprint density at radius 2 is 2.00 bits per heavy atom. The molecule has 3 heteroatoms. The van der Waals surface area contributed by atoms with Gasteiger partial charge in [-0.3, -0.25) is 4.98 Å². The van der Waals surface area contributed by atoms with E-state index in [-0.39, 0.29) is 5.41 Å². The Labute approximate surface area is 113 Å². The molecule has 0 aliphatic carbocycles. The molecule has 1 heterocycles. The van der Waals surface area contributed by atoms with Gasteiger partial charge in [-0.2, -0.15) is 5.26 Å². The minimum Gasteiger partial charge on any atom is -0.497 e. The number of aromatic nitrogens is 1. The van der Waals surface area contributed by atoms with Crippen LogP contribution in [-0.4, -0.2) is 12.1 Å². The maximum Gasteiger partial charge on any atom is 0.119 e. The quantitative estimate of drug-likeness (QED) is 0.822. The third-order valence-electron chi connectivity index (χ3n) is 3.14. The van der Waals surface area contributed by atoms with Crippen LogP contribution in [0.3, 0.4) is 0 Å². The number of fused-ring (bicyclic) bond motifs is 1. The Hall–Kier alpha value is -2.08. The SMILES string of the molecule is COc1ccc2nc(C(C)(C)C)cc(CC#N)c2c1. The van der Waals surface area contributed by atoms with Crippen molar-refractivity contribution in [1.29, 1.82) is 5.26 Å². The lowest BCUT2D eigenvalue weighted by Crippen LogP contribution is -2.14. The molecule has 0 saturated heterocycles. The highest BCUT2D eigenvalue weighted by Gasteiger charge is 2.18. The number of nitriles is 1. The molecule has 0 amide bonds. The van der Waals surface area contributed by atoms with Crippen LogP contribution in [0.15, 0.2) is 24.3 Å². The van der Waals surface area contributed by atoms with Gasteiger partial charge >= 0.3 is 0 Å². The van der Waals surface area contributed by atoms with Crippen molar-refractivity contribution in [2.24, 2.45) is 0 Å². The Balaban J connectivity index is 2.72. The van der Waals surface area contributed by atoms with Crippen LogP contribution < -0.4 is 4.74 Å². The number of rotatable bonds is 2. The molecular weight excluding hydrogens is 236 g/mol. The van der Waals surface area contributed by atoms with Crippen molar-refractivity contribution >= 4 is 10.9 Å². The number of methoxy groups -OCH3 is 1. The highest BCUT2D eigenvalue weighted by molar-refractivity contribution is 5.84. The molecule has 0 radical (unpaired) electrons. The molecule has 1 aromatic heterocycles. The second kappa shape index (κ2) is 4.89. The largest absolute Gasteiger partial charge is 0.497 e. The van der Waals surface area contributed by atoms with Gasteiger partial charge in [-0.15, -0.1) is 0 Å². The van der Waals surface area contributed by atoms with Crippen LogP contribution in [0, 0.1) is 11.3 Å². The van der Waals surface area contributed by atoms with Crippen LogP contribution in [-0.2, 0) is 11.8 Å². The van der Waals surface area contributed by atoms with Crippen molar-refractivity contribution in [2.45, 2.75) is 32.6 Å². The first-order valence-electron chi connectivity index (χ1n) is 6.31. The molecule has 0 bridgehead atoms. The molecule has 19 heavy (non-hydrogen) atoms. The topological polar surface area (TPSA) is 45.9 Å². The predicted molar refractivity (Wildman–Crippen MR) is 76.3 cm³/mol. The van der Waals surface area contributed by atoms with Gasteiger partial charge in [0.2, 0.25) is 0 Å². The highest BCUT2D eigenvalue weighted by Crippen LogP contribution is 2.28. The zero-order valence-electron chi connectivity index (χ0n) is 11.8. The molecule has 0 aliphatic rings. The van der Waals surface area contributed by atoms with E-state index in [1.54, 1.807) is 7.11 Å². The zero-order chi connectivity index (χ0) is 14.0. The lowest BCUT2D eigenvalue weighted by atomic mass is 9.89. The van der Waals surface area contributed by atoms with E-state index in [4.69, 9.17) is 15.0 Å². The second-order valence-electron chi connectivity index (χ2n) is 5.63. The normalized spacial score (nSPS) is 11.3. The number of benzene rings is 1. The highest BCUT2D eigenvalue weighted by atomic mass is 16.5. The molecule has 0 atom stereocenters. The Bertz CT molecular complexity index is 648. The van der Waals surface area contributed by atoms with E-state index in [2.05, 4.69) is 26.8 Å². The molecule has 2 aromatic rings. The summed E-state index contributed by atoms with van der Waals surface area (Å²) in [5.74, 6) is 0.789. The Kier molecular flexibility index (Phi) is 3.44. The van der Waals surface area contributed by atoms with Gasteiger partial charge < -0.3 is 4.74 Å². The molecule has 0 unspecified atom stereocenters. The smallest absolute Gasteiger partial charge is 0.119 e. The van der Waals surface area contributed by atoms with Gasteiger partial charge in [0.1, 0.15) is 5.75 Å². The van der Waals surface area contributed by atoms with Crippen molar-refractivity contribution in [3.8, 4) is 11.8 Å². The average Bonchev–Trinajstić information content (AvgIpc) is 2.37. The summed E-state index contributed by atoms with van der Waals surface area (Å²) in [6.07, 6.45) is 0.384. The van der Waals surface area contributed by atoms with E-state index >= 15 is 0 Å². The number of hydrogen-bond acceptors (Lipinski definition) is 3.